The van der Waals surface area contributed by atoms with E-state index in [2.05, 4.69) is 42.6 Å². The summed E-state index contributed by atoms with van der Waals surface area (Å²) in [6.07, 6.45) is 2.21. The number of hydrogen-bond acceptors (Lipinski definition) is 2. The molecule has 2 nitrogen and oxygen atoms in total. The lowest BCUT2D eigenvalue weighted by molar-refractivity contribution is 0.923. The smallest absolute Gasteiger partial charge is 0.104 e. The number of thiocarbonyl (C=S) groups is 1. The van der Waals surface area contributed by atoms with E-state index in [1.807, 2.05) is 19.1 Å². The van der Waals surface area contributed by atoms with Crippen molar-refractivity contribution in [3.8, 4) is 0 Å². The molecule has 0 aliphatic carbocycles. The molecule has 0 fully saturated rings. The third-order valence-electron chi connectivity index (χ3n) is 3.31. The van der Waals surface area contributed by atoms with Crippen LogP contribution in [-0.4, -0.2) is 4.99 Å². The van der Waals surface area contributed by atoms with E-state index in [9.17, 15) is 0 Å². The lowest BCUT2D eigenvalue weighted by Gasteiger charge is -2.13. The molecule has 0 atom stereocenters. The summed E-state index contributed by atoms with van der Waals surface area (Å²) < 4.78 is 0. The van der Waals surface area contributed by atoms with Gasteiger partial charge in [-0.05, 0) is 48.7 Å². The van der Waals surface area contributed by atoms with E-state index in [1.165, 1.54) is 5.56 Å². The van der Waals surface area contributed by atoms with Gasteiger partial charge in [0.05, 0.1) is 0 Å². The van der Waals surface area contributed by atoms with Gasteiger partial charge in [0.1, 0.15) is 4.99 Å². The van der Waals surface area contributed by atoms with E-state index in [0.29, 0.717) is 4.99 Å². The van der Waals surface area contributed by atoms with Gasteiger partial charge in [0, 0.05) is 16.9 Å². The summed E-state index contributed by atoms with van der Waals surface area (Å²) in [4.78, 5) is 0.445. The highest BCUT2D eigenvalue weighted by Gasteiger charge is 2.05. The van der Waals surface area contributed by atoms with Crippen LogP contribution in [0.15, 0.2) is 42.5 Å². The maximum absolute atomic E-state index is 5.69. The van der Waals surface area contributed by atoms with Crippen molar-refractivity contribution in [1.29, 1.82) is 0 Å². The molecule has 2 aromatic carbocycles. The van der Waals surface area contributed by atoms with Gasteiger partial charge >= 0.3 is 0 Å². The average Bonchev–Trinajstić information content (AvgIpc) is 2.41. The summed E-state index contributed by atoms with van der Waals surface area (Å²) in [6.45, 7) is 4.22. The Hall–Kier alpha value is -1.87. The molecular formula is C17H20N2S. The second-order valence-electron chi connectivity index (χ2n) is 4.93. The zero-order valence-electron chi connectivity index (χ0n) is 11.9. The predicted octanol–water partition coefficient (Wildman–Crippen LogP) is 4.33. The zero-order chi connectivity index (χ0) is 14.5. The van der Waals surface area contributed by atoms with E-state index in [1.54, 1.807) is 0 Å². The molecule has 104 valence electrons. The van der Waals surface area contributed by atoms with E-state index >= 15 is 0 Å². The van der Waals surface area contributed by atoms with Gasteiger partial charge in [-0.25, -0.2) is 0 Å². The lowest BCUT2D eigenvalue weighted by atomic mass is 10.1. The van der Waals surface area contributed by atoms with Gasteiger partial charge in [-0.15, -0.1) is 0 Å². The molecule has 2 rings (SSSR count). The van der Waals surface area contributed by atoms with Gasteiger partial charge in [0.2, 0.25) is 0 Å². The molecule has 0 heterocycles. The Balaban J connectivity index is 2.26. The number of rotatable bonds is 5. The maximum atomic E-state index is 5.69. The normalized spacial score (nSPS) is 10.3. The van der Waals surface area contributed by atoms with Crippen LogP contribution < -0.4 is 11.1 Å². The van der Waals surface area contributed by atoms with Crippen molar-refractivity contribution in [3.63, 3.8) is 0 Å². The molecule has 0 saturated heterocycles. The number of para-hydroxylation sites is 1. The number of hydrogen-bond donors (Lipinski definition) is 2. The van der Waals surface area contributed by atoms with Crippen LogP contribution in [-0.2, 0) is 6.42 Å². The predicted molar refractivity (Wildman–Crippen MR) is 90.8 cm³/mol. The summed E-state index contributed by atoms with van der Waals surface area (Å²) in [5.41, 5.74) is 11.3. The maximum Gasteiger partial charge on any atom is 0.104 e. The Morgan fingerprint density at radius 2 is 1.95 bits per heavy atom. The lowest BCUT2D eigenvalue weighted by Crippen LogP contribution is -2.11. The van der Waals surface area contributed by atoms with Gasteiger partial charge in [0.15, 0.2) is 0 Å². The summed E-state index contributed by atoms with van der Waals surface area (Å²) in [7, 11) is 0. The topological polar surface area (TPSA) is 38.0 Å². The summed E-state index contributed by atoms with van der Waals surface area (Å²) in [6, 6.07) is 14.5. The Bertz CT molecular complexity index is 620. The highest BCUT2D eigenvalue weighted by Crippen LogP contribution is 2.23. The molecule has 0 spiro atoms. The van der Waals surface area contributed by atoms with Crippen LogP contribution >= 0.6 is 12.2 Å². The molecule has 20 heavy (non-hydrogen) atoms. The van der Waals surface area contributed by atoms with Crippen molar-refractivity contribution in [2.75, 3.05) is 5.32 Å². The first-order chi connectivity index (χ1) is 9.61. The van der Waals surface area contributed by atoms with Gasteiger partial charge < -0.3 is 11.1 Å². The molecular weight excluding hydrogens is 264 g/mol. The largest absolute Gasteiger partial charge is 0.389 e. The Morgan fingerprint density at radius 3 is 2.60 bits per heavy atom. The fourth-order valence-electron chi connectivity index (χ4n) is 2.30. The van der Waals surface area contributed by atoms with Crippen LogP contribution in [0.3, 0.4) is 0 Å². The fraction of sp³-hybridized carbons (Fsp3) is 0.235. The van der Waals surface area contributed by atoms with Gasteiger partial charge in [-0.2, -0.15) is 0 Å². The molecule has 0 unspecified atom stereocenters. The van der Waals surface area contributed by atoms with Crippen LogP contribution in [0.5, 0.6) is 0 Å². The first-order valence-corrected chi connectivity index (χ1v) is 7.28. The number of benzene rings is 2. The Morgan fingerprint density at radius 1 is 1.20 bits per heavy atom. The SMILES string of the molecule is CCCc1ccccc1Nc1ccc(C(N)=S)c(C)c1. The summed E-state index contributed by atoms with van der Waals surface area (Å²) >= 11 is 5.04. The highest BCUT2D eigenvalue weighted by atomic mass is 32.1. The van der Waals surface area contributed by atoms with Gasteiger partial charge in [-0.3, -0.25) is 0 Å². The third kappa shape index (κ3) is 3.36. The first kappa shape index (κ1) is 14.5. The zero-order valence-corrected chi connectivity index (χ0v) is 12.8. The van der Waals surface area contributed by atoms with Crippen molar-refractivity contribution in [3.05, 3.63) is 59.2 Å². The van der Waals surface area contributed by atoms with E-state index < -0.39 is 0 Å². The number of anilines is 2. The monoisotopic (exact) mass is 284 g/mol. The highest BCUT2D eigenvalue weighted by molar-refractivity contribution is 7.80. The second-order valence-corrected chi connectivity index (χ2v) is 5.37. The third-order valence-corrected chi connectivity index (χ3v) is 3.53. The van der Waals surface area contributed by atoms with Crippen molar-refractivity contribution >= 4 is 28.6 Å². The van der Waals surface area contributed by atoms with Crippen molar-refractivity contribution in [2.45, 2.75) is 26.7 Å². The minimum Gasteiger partial charge on any atom is -0.389 e. The molecule has 2 aromatic rings. The molecule has 0 aliphatic rings. The molecule has 0 aromatic heterocycles. The van der Waals surface area contributed by atoms with Crippen LogP contribution in [0, 0.1) is 6.92 Å². The van der Waals surface area contributed by atoms with Crippen LogP contribution in [0.25, 0.3) is 0 Å². The Labute approximate surface area is 126 Å². The van der Waals surface area contributed by atoms with Crippen LogP contribution in [0.1, 0.15) is 30.0 Å². The minimum atomic E-state index is 0.445. The molecule has 0 radical (unpaired) electrons. The number of nitrogens with two attached hydrogens (primary N) is 1. The number of aryl methyl sites for hydroxylation is 2. The molecule has 0 amide bonds. The van der Waals surface area contributed by atoms with Crippen molar-refractivity contribution in [1.82, 2.24) is 0 Å². The minimum absolute atomic E-state index is 0.445. The van der Waals surface area contributed by atoms with E-state index in [-0.39, 0.29) is 0 Å². The first-order valence-electron chi connectivity index (χ1n) is 6.87. The van der Waals surface area contributed by atoms with Gasteiger partial charge in [0.25, 0.3) is 0 Å². The summed E-state index contributed by atoms with van der Waals surface area (Å²) in [5, 5.41) is 3.48. The fourth-order valence-corrected chi connectivity index (χ4v) is 2.53. The average molecular weight is 284 g/mol. The molecule has 3 N–H and O–H groups in total. The number of nitrogens with one attached hydrogen (secondary N) is 1. The summed E-state index contributed by atoms with van der Waals surface area (Å²) in [5.74, 6) is 0. The van der Waals surface area contributed by atoms with Crippen LogP contribution in [0.4, 0.5) is 11.4 Å². The molecule has 3 heteroatoms. The molecule has 0 aliphatic heterocycles. The Kier molecular flexibility index (Phi) is 4.74. The van der Waals surface area contributed by atoms with E-state index in [4.69, 9.17) is 18.0 Å². The van der Waals surface area contributed by atoms with E-state index in [0.717, 1.165) is 35.3 Å². The standard InChI is InChI=1S/C17H20N2S/c1-3-6-13-7-4-5-8-16(13)19-14-9-10-15(17(18)20)12(2)11-14/h4-5,7-11,19H,3,6H2,1-2H3,(H2,18,20). The van der Waals surface area contributed by atoms with Crippen LogP contribution in [0.2, 0.25) is 0 Å². The quantitative estimate of drug-likeness (QED) is 0.803. The molecule has 0 bridgehead atoms. The van der Waals surface area contributed by atoms with Gasteiger partial charge in [-0.1, -0.05) is 43.8 Å². The molecule has 0 saturated carbocycles. The second kappa shape index (κ2) is 6.53. The van der Waals surface area contributed by atoms with Crippen molar-refractivity contribution < 1.29 is 0 Å². The van der Waals surface area contributed by atoms with Crippen molar-refractivity contribution in [2.24, 2.45) is 5.73 Å².